The van der Waals surface area contributed by atoms with Crippen LogP contribution in [0.5, 0.6) is 0 Å². The van der Waals surface area contributed by atoms with Crippen molar-refractivity contribution in [3.63, 3.8) is 0 Å². The van der Waals surface area contributed by atoms with E-state index in [1.54, 1.807) is 24.8 Å². The van der Waals surface area contributed by atoms with Crippen molar-refractivity contribution in [2.24, 2.45) is 0 Å². The van der Waals surface area contributed by atoms with E-state index in [-0.39, 0.29) is 0 Å². The SMILES string of the molecule is c1cncc(-c2nc(NC3CCNCC3)cc(-c3ccncc3)n2)c1. The van der Waals surface area contributed by atoms with Crippen LogP contribution < -0.4 is 10.6 Å². The van der Waals surface area contributed by atoms with E-state index in [4.69, 9.17) is 9.97 Å². The molecule has 0 bridgehead atoms. The molecule has 0 aromatic carbocycles. The van der Waals surface area contributed by atoms with Gasteiger partial charge in [-0.2, -0.15) is 0 Å². The molecule has 6 nitrogen and oxygen atoms in total. The maximum atomic E-state index is 4.74. The van der Waals surface area contributed by atoms with Gasteiger partial charge in [-0.1, -0.05) is 0 Å². The third-order valence-corrected chi connectivity index (χ3v) is 4.31. The summed E-state index contributed by atoms with van der Waals surface area (Å²) in [5, 5.41) is 6.96. The van der Waals surface area contributed by atoms with Crippen molar-refractivity contribution >= 4 is 5.82 Å². The zero-order valence-corrected chi connectivity index (χ0v) is 13.9. The highest BCUT2D eigenvalue weighted by molar-refractivity contribution is 5.66. The predicted octanol–water partition coefficient (Wildman–Crippen LogP) is 2.76. The van der Waals surface area contributed by atoms with Crippen LogP contribution >= 0.6 is 0 Å². The second-order valence-electron chi connectivity index (χ2n) is 6.11. The fourth-order valence-electron chi connectivity index (χ4n) is 2.99. The first-order valence-electron chi connectivity index (χ1n) is 8.55. The van der Waals surface area contributed by atoms with Gasteiger partial charge in [-0.3, -0.25) is 9.97 Å². The number of pyridine rings is 2. The maximum absolute atomic E-state index is 4.74. The number of hydrogen-bond acceptors (Lipinski definition) is 6. The first kappa shape index (κ1) is 15.7. The summed E-state index contributed by atoms with van der Waals surface area (Å²) >= 11 is 0. The predicted molar refractivity (Wildman–Crippen MR) is 98.0 cm³/mol. The normalized spacial score (nSPS) is 15.0. The van der Waals surface area contributed by atoms with E-state index in [9.17, 15) is 0 Å². The van der Waals surface area contributed by atoms with Crippen molar-refractivity contribution in [2.75, 3.05) is 18.4 Å². The molecule has 4 rings (SSSR count). The van der Waals surface area contributed by atoms with Gasteiger partial charge >= 0.3 is 0 Å². The van der Waals surface area contributed by atoms with Crippen LogP contribution in [0.2, 0.25) is 0 Å². The van der Waals surface area contributed by atoms with Crippen LogP contribution in [0, 0.1) is 0 Å². The molecule has 4 heterocycles. The van der Waals surface area contributed by atoms with E-state index >= 15 is 0 Å². The van der Waals surface area contributed by atoms with Gasteiger partial charge in [0, 0.05) is 48.0 Å². The van der Waals surface area contributed by atoms with Gasteiger partial charge in [-0.25, -0.2) is 9.97 Å². The van der Waals surface area contributed by atoms with Crippen LogP contribution in [0.3, 0.4) is 0 Å². The molecule has 3 aromatic heterocycles. The molecule has 25 heavy (non-hydrogen) atoms. The van der Waals surface area contributed by atoms with E-state index in [0.717, 1.165) is 48.6 Å². The van der Waals surface area contributed by atoms with Crippen LogP contribution in [0.1, 0.15) is 12.8 Å². The van der Waals surface area contributed by atoms with Crippen molar-refractivity contribution in [3.05, 3.63) is 55.1 Å². The molecule has 126 valence electrons. The summed E-state index contributed by atoms with van der Waals surface area (Å²) in [6, 6.07) is 10.2. The molecular formula is C19H20N6. The van der Waals surface area contributed by atoms with Crippen LogP contribution in [-0.2, 0) is 0 Å². The van der Waals surface area contributed by atoms with Gasteiger partial charge < -0.3 is 10.6 Å². The minimum Gasteiger partial charge on any atom is -0.367 e. The second kappa shape index (κ2) is 7.36. The molecule has 1 aliphatic rings. The molecule has 0 radical (unpaired) electrons. The van der Waals surface area contributed by atoms with Crippen molar-refractivity contribution in [1.29, 1.82) is 0 Å². The second-order valence-corrected chi connectivity index (χ2v) is 6.11. The van der Waals surface area contributed by atoms with Crippen molar-refractivity contribution < 1.29 is 0 Å². The molecule has 0 atom stereocenters. The smallest absolute Gasteiger partial charge is 0.163 e. The Morgan fingerprint density at radius 1 is 0.920 bits per heavy atom. The third kappa shape index (κ3) is 3.80. The lowest BCUT2D eigenvalue weighted by atomic mass is 10.1. The molecule has 2 N–H and O–H groups in total. The number of anilines is 1. The lowest BCUT2D eigenvalue weighted by Crippen LogP contribution is -2.35. The monoisotopic (exact) mass is 332 g/mol. The highest BCUT2D eigenvalue weighted by Gasteiger charge is 2.15. The molecule has 0 amide bonds. The minimum absolute atomic E-state index is 0.434. The summed E-state index contributed by atoms with van der Waals surface area (Å²) in [6.07, 6.45) is 9.29. The van der Waals surface area contributed by atoms with Gasteiger partial charge in [0.15, 0.2) is 5.82 Å². The third-order valence-electron chi connectivity index (χ3n) is 4.31. The molecule has 3 aromatic rings. The van der Waals surface area contributed by atoms with Crippen molar-refractivity contribution in [2.45, 2.75) is 18.9 Å². The Bertz CT molecular complexity index is 758. The quantitative estimate of drug-likeness (QED) is 0.765. The summed E-state index contributed by atoms with van der Waals surface area (Å²) in [7, 11) is 0. The molecule has 1 aliphatic heterocycles. The van der Waals surface area contributed by atoms with E-state index in [2.05, 4.69) is 20.6 Å². The summed E-state index contributed by atoms with van der Waals surface area (Å²) < 4.78 is 0. The molecule has 0 unspecified atom stereocenters. The first-order chi connectivity index (χ1) is 12.4. The van der Waals surface area contributed by atoms with E-state index in [0.29, 0.717) is 11.9 Å². The maximum Gasteiger partial charge on any atom is 0.163 e. The highest BCUT2D eigenvalue weighted by Crippen LogP contribution is 2.24. The summed E-state index contributed by atoms with van der Waals surface area (Å²) in [4.78, 5) is 17.7. The molecule has 0 aliphatic carbocycles. The summed E-state index contributed by atoms with van der Waals surface area (Å²) in [5.74, 6) is 1.53. The molecule has 0 spiro atoms. The standard InChI is InChI=1S/C19H20N6/c1-2-15(13-22-7-1)19-24-17(14-3-8-20-9-4-14)12-18(25-19)23-16-5-10-21-11-6-16/h1-4,7-9,12-13,16,21H,5-6,10-11H2,(H,23,24,25). The minimum atomic E-state index is 0.434. The van der Waals surface area contributed by atoms with Gasteiger partial charge in [-0.05, 0) is 50.2 Å². The number of rotatable bonds is 4. The number of piperidine rings is 1. The van der Waals surface area contributed by atoms with Gasteiger partial charge in [0.2, 0.25) is 0 Å². The molecule has 6 heteroatoms. The van der Waals surface area contributed by atoms with Crippen molar-refractivity contribution in [3.8, 4) is 22.6 Å². The highest BCUT2D eigenvalue weighted by atomic mass is 15.1. The van der Waals surface area contributed by atoms with E-state index in [1.807, 2.05) is 30.3 Å². The van der Waals surface area contributed by atoms with Crippen molar-refractivity contribution in [1.82, 2.24) is 25.3 Å². The Morgan fingerprint density at radius 3 is 2.52 bits per heavy atom. The number of aromatic nitrogens is 4. The molecular weight excluding hydrogens is 312 g/mol. The lowest BCUT2D eigenvalue weighted by Gasteiger charge is -2.24. The van der Waals surface area contributed by atoms with Crippen LogP contribution in [-0.4, -0.2) is 39.1 Å². The largest absolute Gasteiger partial charge is 0.367 e. The number of hydrogen-bond donors (Lipinski definition) is 2. The Kier molecular flexibility index (Phi) is 4.61. The first-order valence-corrected chi connectivity index (χ1v) is 8.55. The fraction of sp³-hybridized carbons (Fsp3) is 0.263. The number of nitrogens with one attached hydrogen (secondary N) is 2. The Hall–Kier alpha value is -2.86. The average molecular weight is 332 g/mol. The molecule has 1 fully saturated rings. The molecule has 0 saturated carbocycles. The zero-order chi connectivity index (χ0) is 16.9. The van der Waals surface area contributed by atoms with Crippen LogP contribution in [0.4, 0.5) is 5.82 Å². The topological polar surface area (TPSA) is 75.6 Å². The zero-order valence-electron chi connectivity index (χ0n) is 13.9. The Balaban J connectivity index is 1.72. The van der Waals surface area contributed by atoms with Gasteiger partial charge in [-0.15, -0.1) is 0 Å². The molecule has 1 saturated heterocycles. The van der Waals surface area contributed by atoms with Gasteiger partial charge in [0.05, 0.1) is 5.69 Å². The van der Waals surface area contributed by atoms with Crippen LogP contribution in [0.15, 0.2) is 55.1 Å². The average Bonchev–Trinajstić information content (AvgIpc) is 2.70. The number of nitrogens with zero attached hydrogens (tertiary/aromatic N) is 4. The van der Waals surface area contributed by atoms with E-state index < -0.39 is 0 Å². The Labute approximate surface area is 146 Å². The Morgan fingerprint density at radius 2 is 1.76 bits per heavy atom. The van der Waals surface area contributed by atoms with Crippen LogP contribution in [0.25, 0.3) is 22.6 Å². The van der Waals surface area contributed by atoms with Gasteiger partial charge in [0.25, 0.3) is 0 Å². The van der Waals surface area contributed by atoms with Gasteiger partial charge in [0.1, 0.15) is 5.82 Å². The summed E-state index contributed by atoms with van der Waals surface area (Å²) in [5.41, 5.74) is 2.82. The van der Waals surface area contributed by atoms with E-state index in [1.165, 1.54) is 0 Å². The fourth-order valence-corrected chi connectivity index (χ4v) is 2.99. The lowest BCUT2D eigenvalue weighted by molar-refractivity contribution is 0.478. The summed E-state index contributed by atoms with van der Waals surface area (Å²) in [6.45, 7) is 2.07.